The summed E-state index contributed by atoms with van der Waals surface area (Å²) in [7, 11) is 0. The van der Waals surface area contributed by atoms with Crippen LogP contribution in [0.15, 0.2) is 16.5 Å². The Labute approximate surface area is 87.5 Å². The molecule has 1 heteroatoms. The van der Waals surface area contributed by atoms with Gasteiger partial charge < -0.3 is 4.42 Å². The molecular formula is C13H22O. The van der Waals surface area contributed by atoms with E-state index < -0.39 is 0 Å². The molecule has 0 spiro atoms. The first-order chi connectivity index (χ1) is 6.57. The highest BCUT2D eigenvalue weighted by molar-refractivity contribution is 5.08. The normalized spacial score (nSPS) is 12.0. The summed E-state index contributed by atoms with van der Waals surface area (Å²) < 4.78 is 5.76. The Bertz CT molecular complexity index is 271. The van der Waals surface area contributed by atoms with Crippen LogP contribution in [0.4, 0.5) is 0 Å². The van der Waals surface area contributed by atoms with Gasteiger partial charge in [0, 0.05) is 12.8 Å². The minimum Gasteiger partial charge on any atom is -0.466 e. The fraction of sp³-hybridized carbons (Fsp3) is 0.692. The van der Waals surface area contributed by atoms with Crippen molar-refractivity contribution in [1.82, 2.24) is 0 Å². The summed E-state index contributed by atoms with van der Waals surface area (Å²) in [5.74, 6) is 2.27. The monoisotopic (exact) mass is 194 g/mol. The van der Waals surface area contributed by atoms with Crippen LogP contribution in [-0.2, 0) is 12.8 Å². The van der Waals surface area contributed by atoms with Gasteiger partial charge in [0.2, 0.25) is 0 Å². The lowest BCUT2D eigenvalue weighted by atomic mass is 9.86. The average molecular weight is 194 g/mol. The van der Waals surface area contributed by atoms with Gasteiger partial charge in [-0.1, -0.05) is 34.1 Å². The molecule has 80 valence electrons. The van der Waals surface area contributed by atoms with Gasteiger partial charge >= 0.3 is 0 Å². The number of rotatable bonds is 5. The van der Waals surface area contributed by atoms with Gasteiger partial charge in [0.05, 0.1) is 0 Å². The Morgan fingerprint density at radius 1 is 1.14 bits per heavy atom. The quantitative estimate of drug-likeness (QED) is 0.684. The Morgan fingerprint density at radius 2 is 1.79 bits per heavy atom. The second-order valence-corrected chi connectivity index (χ2v) is 4.81. The van der Waals surface area contributed by atoms with E-state index in [-0.39, 0.29) is 0 Å². The molecule has 0 radical (unpaired) electrons. The first-order valence-corrected chi connectivity index (χ1v) is 5.65. The number of furan rings is 1. The molecule has 0 saturated heterocycles. The van der Waals surface area contributed by atoms with Crippen molar-refractivity contribution in [1.29, 1.82) is 0 Å². The van der Waals surface area contributed by atoms with Crippen LogP contribution in [0.3, 0.4) is 0 Å². The molecule has 0 amide bonds. The van der Waals surface area contributed by atoms with Crippen molar-refractivity contribution in [3.8, 4) is 0 Å². The van der Waals surface area contributed by atoms with E-state index in [9.17, 15) is 0 Å². The predicted molar refractivity (Wildman–Crippen MR) is 60.5 cm³/mol. The molecule has 0 fully saturated rings. The van der Waals surface area contributed by atoms with Gasteiger partial charge in [-0.05, 0) is 24.0 Å². The third-order valence-electron chi connectivity index (χ3n) is 2.82. The molecule has 1 rings (SSSR count). The zero-order valence-electron chi connectivity index (χ0n) is 9.89. The van der Waals surface area contributed by atoms with Gasteiger partial charge in [0.1, 0.15) is 11.5 Å². The summed E-state index contributed by atoms with van der Waals surface area (Å²) in [5.41, 5.74) is 0.362. The van der Waals surface area contributed by atoms with Crippen LogP contribution in [0.1, 0.15) is 52.1 Å². The van der Waals surface area contributed by atoms with Crippen LogP contribution in [0.2, 0.25) is 0 Å². The highest BCUT2D eigenvalue weighted by Crippen LogP contribution is 2.26. The summed E-state index contributed by atoms with van der Waals surface area (Å²) in [6.45, 7) is 8.98. The van der Waals surface area contributed by atoms with Gasteiger partial charge in [-0.25, -0.2) is 0 Å². The zero-order chi connectivity index (χ0) is 10.6. The van der Waals surface area contributed by atoms with E-state index >= 15 is 0 Å². The van der Waals surface area contributed by atoms with E-state index in [1.54, 1.807) is 0 Å². The average Bonchev–Trinajstić information content (AvgIpc) is 2.53. The second-order valence-electron chi connectivity index (χ2n) is 4.81. The molecular weight excluding hydrogens is 172 g/mol. The summed E-state index contributed by atoms with van der Waals surface area (Å²) in [4.78, 5) is 0. The second kappa shape index (κ2) is 4.68. The molecule has 1 heterocycles. The molecule has 0 aromatic carbocycles. The van der Waals surface area contributed by atoms with Gasteiger partial charge in [0.25, 0.3) is 0 Å². The van der Waals surface area contributed by atoms with Crippen molar-refractivity contribution in [2.24, 2.45) is 5.41 Å². The summed E-state index contributed by atoms with van der Waals surface area (Å²) in [6, 6.07) is 4.24. The van der Waals surface area contributed by atoms with Crippen LogP contribution < -0.4 is 0 Å². The Balaban J connectivity index is 2.59. The molecule has 14 heavy (non-hydrogen) atoms. The SMILES string of the molecule is CCCc1ccc(CC(C)(C)CC)o1. The Kier molecular flexibility index (Phi) is 3.79. The number of hydrogen-bond donors (Lipinski definition) is 0. The van der Waals surface area contributed by atoms with Crippen molar-refractivity contribution in [3.63, 3.8) is 0 Å². The van der Waals surface area contributed by atoms with Crippen LogP contribution in [-0.4, -0.2) is 0 Å². The Morgan fingerprint density at radius 3 is 2.36 bits per heavy atom. The van der Waals surface area contributed by atoms with Gasteiger partial charge in [-0.15, -0.1) is 0 Å². The standard InChI is InChI=1S/C13H22O/c1-5-7-11-8-9-12(14-11)10-13(3,4)6-2/h8-9H,5-7,10H2,1-4H3. The lowest BCUT2D eigenvalue weighted by Gasteiger charge is -2.20. The first kappa shape index (κ1) is 11.4. The number of aryl methyl sites for hydroxylation is 1. The first-order valence-electron chi connectivity index (χ1n) is 5.65. The van der Waals surface area contributed by atoms with Gasteiger partial charge in [0.15, 0.2) is 0 Å². The molecule has 0 aliphatic rings. The van der Waals surface area contributed by atoms with E-state index in [0.29, 0.717) is 5.41 Å². The van der Waals surface area contributed by atoms with E-state index in [2.05, 4.69) is 39.8 Å². The Hall–Kier alpha value is -0.720. The van der Waals surface area contributed by atoms with E-state index in [4.69, 9.17) is 4.42 Å². The molecule has 1 aromatic heterocycles. The highest BCUT2D eigenvalue weighted by atomic mass is 16.3. The van der Waals surface area contributed by atoms with Gasteiger partial charge in [-0.3, -0.25) is 0 Å². The summed E-state index contributed by atoms with van der Waals surface area (Å²) in [5, 5.41) is 0. The molecule has 1 nitrogen and oxygen atoms in total. The fourth-order valence-corrected chi connectivity index (χ4v) is 1.49. The predicted octanol–water partition coefficient (Wildman–Crippen LogP) is 4.21. The highest BCUT2D eigenvalue weighted by Gasteiger charge is 2.17. The molecule has 0 saturated carbocycles. The third-order valence-corrected chi connectivity index (χ3v) is 2.82. The van der Waals surface area contributed by atoms with Crippen LogP contribution in [0, 0.1) is 5.41 Å². The molecule has 0 unspecified atom stereocenters. The van der Waals surface area contributed by atoms with E-state index in [1.165, 1.54) is 6.42 Å². The summed E-state index contributed by atoms with van der Waals surface area (Å²) >= 11 is 0. The molecule has 0 bridgehead atoms. The van der Waals surface area contributed by atoms with E-state index in [0.717, 1.165) is 30.8 Å². The van der Waals surface area contributed by atoms with Crippen LogP contribution in [0.25, 0.3) is 0 Å². The molecule has 0 aliphatic heterocycles. The molecule has 0 atom stereocenters. The van der Waals surface area contributed by atoms with Crippen molar-refractivity contribution in [2.75, 3.05) is 0 Å². The third kappa shape index (κ3) is 3.21. The molecule has 0 aliphatic carbocycles. The van der Waals surface area contributed by atoms with Crippen molar-refractivity contribution >= 4 is 0 Å². The van der Waals surface area contributed by atoms with Crippen LogP contribution >= 0.6 is 0 Å². The zero-order valence-corrected chi connectivity index (χ0v) is 9.89. The maximum Gasteiger partial charge on any atom is 0.104 e. The van der Waals surface area contributed by atoms with Crippen molar-refractivity contribution < 1.29 is 4.42 Å². The smallest absolute Gasteiger partial charge is 0.104 e. The van der Waals surface area contributed by atoms with Crippen molar-refractivity contribution in [3.05, 3.63) is 23.7 Å². The maximum atomic E-state index is 5.76. The fourth-order valence-electron chi connectivity index (χ4n) is 1.49. The lowest BCUT2D eigenvalue weighted by molar-refractivity contribution is 0.312. The topological polar surface area (TPSA) is 13.1 Å². The lowest BCUT2D eigenvalue weighted by Crippen LogP contribution is -2.12. The minimum absolute atomic E-state index is 0.362. The molecule has 1 aromatic rings. The maximum absolute atomic E-state index is 5.76. The van der Waals surface area contributed by atoms with Crippen molar-refractivity contribution in [2.45, 2.75) is 53.4 Å². The van der Waals surface area contributed by atoms with E-state index in [1.807, 2.05) is 0 Å². The van der Waals surface area contributed by atoms with Gasteiger partial charge in [-0.2, -0.15) is 0 Å². The molecule has 0 N–H and O–H groups in total. The van der Waals surface area contributed by atoms with Crippen LogP contribution in [0.5, 0.6) is 0 Å². The largest absolute Gasteiger partial charge is 0.466 e. The minimum atomic E-state index is 0.362. The summed E-state index contributed by atoms with van der Waals surface area (Å²) in [6.07, 6.45) is 4.46. The number of hydrogen-bond acceptors (Lipinski definition) is 1.